The van der Waals surface area contributed by atoms with E-state index in [4.69, 9.17) is 0 Å². The zero-order chi connectivity index (χ0) is 28.6. The van der Waals surface area contributed by atoms with Gasteiger partial charge in [0.15, 0.2) is 0 Å². The van der Waals surface area contributed by atoms with E-state index < -0.39 is 0 Å². The minimum Gasteiger partial charge on any atom is -0.0538 e. The van der Waals surface area contributed by atoms with Crippen LogP contribution in [0.2, 0.25) is 0 Å². The number of benzene rings is 7. The first-order chi connectivity index (χ1) is 21.3. The molecule has 0 atom stereocenters. The molecule has 0 saturated heterocycles. The van der Waals surface area contributed by atoms with Crippen molar-refractivity contribution in [2.45, 2.75) is 0 Å². The Morgan fingerprint density at radius 3 is 0.605 bits per heavy atom. The van der Waals surface area contributed by atoms with Gasteiger partial charge in [0.1, 0.15) is 0 Å². The van der Waals surface area contributed by atoms with E-state index in [2.05, 4.69) is 176 Å². The van der Waals surface area contributed by atoms with Gasteiger partial charge in [0.2, 0.25) is 0 Å². The molecule has 0 fully saturated rings. The first-order valence-corrected chi connectivity index (χ1v) is 14.8. The van der Waals surface area contributed by atoms with Crippen LogP contribution in [0.15, 0.2) is 176 Å². The molecule has 200 valence electrons. The third-order valence-electron chi connectivity index (χ3n) is 8.62. The second kappa shape index (κ2) is 10.7. The van der Waals surface area contributed by atoms with Crippen LogP contribution in [-0.4, -0.2) is 0 Å². The van der Waals surface area contributed by atoms with Gasteiger partial charge in [-0.15, -0.1) is 0 Å². The average Bonchev–Trinajstić information content (AvgIpc) is 3.10. The molecule has 0 aromatic heterocycles. The van der Waals surface area contributed by atoms with Crippen molar-refractivity contribution in [1.29, 1.82) is 0 Å². The Morgan fingerprint density at radius 2 is 0.372 bits per heavy atom. The molecule has 7 aromatic rings. The second-order valence-electron chi connectivity index (χ2n) is 11.2. The van der Waals surface area contributed by atoms with Gasteiger partial charge >= 0.3 is 0 Å². The molecular weight excluding hydrogens is 516 g/mol. The first kappa shape index (κ1) is 25.1. The summed E-state index contributed by atoms with van der Waals surface area (Å²) in [6.07, 6.45) is 0. The van der Waals surface area contributed by atoms with E-state index in [0.29, 0.717) is 0 Å². The maximum atomic E-state index is 2.25. The molecule has 0 nitrogen and oxygen atoms in total. The average molecular weight is 546 g/mol. The molecule has 0 heterocycles. The molecule has 43 heavy (non-hydrogen) atoms. The van der Waals surface area contributed by atoms with Crippen LogP contribution in [0.1, 0.15) is 16.7 Å². The minimum absolute atomic E-state index is 1.21. The SMILES string of the molecule is c1ccc([C+]2c3ccc(cc3)-c3ccc(cc3)-c3ccc(cc3)-c3ccc(cc3)-c3ccc(cc3)-c3ccc2cc3)cc1. The molecule has 0 saturated carbocycles. The second-order valence-corrected chi connectivity index (χ2v) is 11.2. The van der Waals surface area contributed by atoms with E-state index in [0.717, 1.165) is 0 Å². The van der Waals surface area contributed by atoms with Crippen molar-refractivity contribution in [3.05, 3.63) is 199 Å². The lowest BCUT2D eigenvalue weighted by Gasteiger charge is -2.14. The van der Waals surface area contributed by atoms with Gasteiger partial charge in [-0.25, -0.2) is 0 Å². The van der Waals surface area contributed by atoms with Gasteiger partial charge in [-0.3, -0.25) is 0 Å². The Bertz CT molecular complexity index is 1850. The third-order valence-corrected chi connectivity index (χ3v) is 8.62. The molecule has 0 amide bonds. The van der Waals surface area contributed by atoms with Gasteiger partial charge in [0.25, 0.3) is 0 Å². The highest BCUT2D eigenvalue weighted by Crippen LogP contribution is 2.35. The van der Waals surface area contributed by atoms with Gasteiger partial charge < -0.3 is 0 Å². The smallest absolute Gasteiger partial charge is 0.0538 e. The van der Waals surface area contributed by atoms with E-state index in [9.17, 15) is 0 Å². The highest BCUT2D eigenvalue weighted by Gasteiger charge is 2.22. The highest BCUT2D eigenvalue weighted by atomic mass is 14.2. The topological polar surface area (TPSA) is 0 Å². The van der Waals surface area contributed by atoms with Crippen molar-refractivity contribution in [1.82, 2.24) is 0 Å². The van der Waals surface area contributed by atoms with Gasteiger partial charge in [-0.05, 0) is 128 Å². The Kier molecular flexibility index (Phi) is 6.24. The van der Waals surface area contributed by atoms with Crippen molar-refractivity contribution in [2.75, 3.05) is 0 Å². The van der Waals surface area contributed by atoms with E-state index in [1.807, 2.05) is 0 Å². The molecule has 0 aliphatic heterocycles. The molecule has 0 N–H and O–H groups in total. The van der Waals surface area contributed by atoms with E-state index >= 15 is 0 Å². The fourth-order valence-electron chi connectivity index (χ4n) is 6.18. The van der Waals surface area contributed by atoms with Crippen LogP contribution < -0.4 is 0 Å². The molecule has 7 aromatic carbocycles. The zero-order valence-corrected chi connectivity index (χ0v) is 23.7. The van der Waals surface area contributed by atoms with Crippen LogP contribution in [0.3, 0.4) is 0 Å². The van der Waals surface area contributed by atoms with Crippen LogP contribution in [0.4, 0.5) is 0 Å². The summed E-state index contributed by atoms with van der Waals surface area (Å²) >= 11 is 0. The van der Waals surface area contributed by atoms with Gasteiger partial charge in [-0.1, -0.05) is 103 Å². The van der Waals surface area contributed by atoms with Crippen LogP contribution >= 0.6 is 0 Å². The lowest BCUT2D eigenvalue weighted by molar-refractivity contribution is 1.23. The Balaban J connectivity index is 1.26. The van der Waals surface area contributed by atoms with E-state index in [1.54, 1.807) is 0 Å². The molecule has 17 rings (SSSR count). The van der Waals surface area contributed by atoms with E-state index in [-0.39, 0.29) is 0 Å². The summed E-state index contributed by atoms with van der Waals surface area (Å²) in [5.41, 5.74) is 15.8. The zero-order valence-electron chi connectivity index (χ0n) is 23.7. The standard InChI is InChI=1S/C43H29/c1-2-4-40(5-3-1)43-41-26-22-38(23-27-41)36-18-14-34(15-19-36)32-10-6-30(7-11-32)31-8-12-33(13-9-31)35-16-20-37(21-17-35)39-24-28-42(43)29-25-39/h1-29H/q+1. The van der Waals surface area contributed by atoms with E-state index in [1.165, 1.54) is 78.2 Å². The predicted octanol–water partition coefficient (Wildman–Crippen LogP) is 11.4. The largest absolute Gasteiger partial charge is 0.0631 e. The minimum atomic E-state index is 1.21. The van der Waals surface area contributed by atoms with Crippen molar-refractivity contribution in [3.8, 4) is 55.6 Å². The quantitative estimate of drug-likeness (QED) is 0.180. The molecule has 0 radical (unpaired) electrons. The van der Waals surface area contributed by atoms with Crippen molar-refractivity contribution < 1.29 is 0 Å². The summed E-state index contributed by atoms with van der Waals surface area (Å²) < 4.78 is 0. The van der Waals surface area contributed by atoms with Crippen molar-refractivity contribution in [3.63, 3.8) is 0 Å². The fourth-order valence-corrected chi connectivity index (χ4v) is 6.18. The summed E-state index contributed by atoms with van der Waals surface area (Å²) in [4.78, 5) is 0. The summed E-state index contributed by atoms with van der Waals surface area (Å²) in [5.74, 6) is 1.24. The molecule has 12 bridgehead atoms. The Labute approximate surface area is 253 Å². The van der Waals surface area contributed by atoms with Crippen LogP contribution in [0.5, 0.6) is 0 Å². The molecular formula is C43H29+. The number of hydrogen-bond acceptors (Lipinski definition) is 0. The molecule has 10 aliphatic rings. The highest BCUT2D eigenvalue weighted by molar-refractivity contribution is 5.76. The Hall–Kier alpha value is -5.59. The summed E-state index contributed by atoms with van der Waals surface area (Å²) in [6, 6.07) is 64.3. The van der Waals surface area contributed by atoms with Crippen LogP contribution in [0, 0.1) is 5.92 Å². The first-order valence-electron chi connectivity index (χ1n) is 14.8. The fraction of sp³-hybridized carbons (Fsp3) is 0. The predicted molar refractivity (Wildman–Crippen MR) is 181 cm³/mol. The Morgan fingerprint density at radius 1 is 0.186 bits per heavy atom. The summed E-state index contributed by atoms with van der Waals surface area (Å²) in [5, 5.41) is 0. The van der Waals surface area contributed by atoms with Crippen LogP contribution in [0.25, 0.3) is 55.6 Å². The lowest BCUT2D eigenvalue weighted by Crippen LogP contribution is -2.04. The lowest BCUT2D eigenvalue weighted by atomic mass is 9.84. The van der Waals surface area contributed by atoms with Crippen molar-refractivity contribution >= 4 is 0 Å². The summed E-state index contributed by atoms with van der Waals surface area (Å²) in [6.45, 7) is 0. The maximum Gasteiger partial charge on any atom is 0.0631 e. The molecule has 0 unspecified atom stereocenters. The molecule has 10 aliphatic carbocycles. The molecule has 0 heteroatoms. The van der Waals surface area contributed by atoms with Gasteiger partial charge in [0.05, 0.1) is 22.6 Å². The third kappa shape index (κ3) is 4.84. The number of rotatable bonds is 1. The molecule has 0 spiro atoms. The summed E-state index contributed by atoms with van der Waals surface area (Å²) in [7, 11) is 0. The van der Waals surface area contributed by atoms with Gasteiger partial charge in [-0.2, -0.15) is 0 Å². The number of hydrogen-bond donors (Lipinski definition) is 0. The van der Waals surface area contributed by atoms with Gasteiger partial charge in [0, 0.05) is 0 Å². The maximum absolute atomic E-state index is 2.25. The van der Waals surface area contributed by atoms with Crippen LogP contribution in [-0.2, 0) is 0 Å². The van der Waals surface area contributed by atoms with Crippen molar-refractivity contribution in [2.24, 2.45) is 0 Å². The normalized spacial score (nSPS) is 11.7. The monoisotopic (exact) mass is 545 g/mol.